The monoisotopic (exact) mass is 250 g/mol. The average Bonchev–Trinajstić information content (AvgIpc) is 1.93. The molecule has 0 spiro atoms. The first kappa shape index (κ1) is 14.2. The second kappa shape index (κ2) is 5.92. The molecule has 1 unspecified atom stereocenters. The molecule has 0 fully saturated rings. The summed E-state index contributed by atoms with van der Waals surface area (Å²) in [6.07, 6.45) is 0.468. The van der Waals surface area contributed by atoms with E-state index in [9.17, 15) is 9.13 Å². The fourth-order valence-electron chi connectivity index (χ4n) is 0.453. The van der Waals surface area contributed by atoms with Gasteiger partial charge in [0.15, 0.2) is 0 Å². The Labute approximate surface area is 80.0 Å². The Morgan fingerprint density at radius 3 is 2.29 bits per heavy atom. The van der Waals surface area contributed by atoms with E-state index < -0.39 is 15.6 Å². The largest absolute Gasteiger partial charge is 0.497 e. The molecule has 9 nitrogen and oxygen atoms in total. The van der Waals surface area contributed by atoms with E-state index in [2.05, 4.69) is 8.94 Å². The third-order valence-corrected chi connectivity index (χ3v) is 2.91. The van der Waals surface area contributed by atoms with Gasteiger partial charge in [0.25, 0.3) is 0 Å². The lowest BCUT2D eigenvalue weighted by molar-refractivity contribution is 0.119. The molecule has 0 aromatic carbocycles. The highest BCUT2D eigenvalue weighted by atomic mass is 31.3. The van der Waals surface area contributed by atoms with Gasteiger partial charge in [0.2, 0.25) is 0 Å². The number of phosphoric acid groups is 2. The highest BCUT2D eigenvalue weighted by molar-refractivity contribution is 7.60. The molecular formula is C3H12N2O7P2. The summed E-state index contributed by atoms with van der Waals surface area (Å²) in [5.74, 6) is 0. The number of rotatable bonds is 7. The third kappa shape index (κ3) is 8.76. The Morgan fingerprint density at radius 1 is 1.29 bits per heavy atom. The van der Waals surface area contributed by atoms with Crippen LogP contribution < -0.4 is 11.2 Å². The number of nitrogens with one attached hydrogen (secondary N) is 1. The van der Waals surface area contributed by atoms with Gasteiger partial charge in [0, 0.05) is 6.54 Å². The van der Waals surface area contributed by atoms with Gasteiger partial charge in [0.05, 0.1) is 0 Å². The van der Waals surface area contributed by atoms with Crippen molar-refractivity contribution in [1.29, 1.82) is 0 Å². The van der Waals surface area contributed by atoms with Gasteiger partial charge < -0.3 is 20.4 Å². The van der Waals surface area contributed by atoms with Crippen molar-refractivity contribution in [3.63, 3.8) is 0 Å². The molecule has 11 heteroatoms. The maximum Gasteiger partial charge on any atom is 0.497 e. The van der Waals surface area contributed by atoms with Crippen molar-refractivity contribution in [2.75, 3.05) is 13.1 Å². The van der Waals surface area contributed by atoms with Crippen LogP contribution >= 0.6 is 15.6 Å². The summed E-state index contributed by atoms with van der Waals surface area (Å²) in [5.41, 5.74) is 7.08. The summed E-state index contributed by atoms with van der Waals surface area (Å²) in [4.78, 5) is 25.0. The zero-order valence-corrected chi connectivity index (χ0v) is 8.86. The lowest BCUT2D eigenvalue weighted by Crippen LogP contribution is -2.17. The molecule has 0 saturated heterocycles. The fourth-order valence-corrected chi connectivity index (χ4v) is 1.92. The zero-order valence-electron chi connectivity index (χ0n) is 7.07. The molecule has 0 aliphatic carbocycles. The van der Waals surface area contributed by atoms with Gasteiger partial charge in [-0.3, -0.25) is 0 Å². The summed E-state index contributed by atoms with van der Waals surface area (Å²) < 4.78 is 28.3. The lowest BCUT2D eigenvalue weighted by Gasteiger charge is -2.11. The van der Waals surface area contributed by atoms with Crippen molar-refractivity contribution < 1.29 is 32.7 Å². The number of hydrogen-bond donors (Lipinski definition) is 5. The molecule has 0 amide bonds. The van der Waals surface area contributed by atoms with Crippen molar-refractivity contribution in [1.82, 2.24) is 5.48 Å². The second-order valence-corrected chi connectivity index (χ2v) is 4.92. The van der Waals surface area contributed by atoms with Gasteiger partial charge >= 0.3 is 15.6 Å². The van der Waals surface area contributed by atoms with Gasteiger partial charge in [-0.2, -0.15) is 14.4 Å². The topological polar surface area (TPSA) is 151 Å². The molecule has 0 saturated carbocycles. The van der Waals surface area contributed by atoms with Crippen molar-refractivity contribution in [3.05, 3.63) is 0 Å². The van der Waals surface area contributed by atoms with E-state index in [0.717, 1.165) is 0 Å². The van der Waals surface area contributed by atoms with E-state index in [1.807, 2.05) is 5.48 Å². The first-order chi connectivity index (χ1) is 6.27. The highest BCUT2D eigenvalue weighted by Crippen LogP contribution is 2.56. The highest BCUT2D eigenvalue weighted by Gasteiger charge is 2.32. The molecule has 14 heavy (non-hydrogen) atoms. The third-order valence-electron chi connectivity index (χ3n) is 0.872. The molecule has 6 N–H and O–H groups in total. The Hall–Kier alpha value is 0.180. The maximum atomic E-state index is 10.7. The van der Waals surface area contributed by atoms with Gasteiger partial charge in [0.1, 0.15) is 0 Å². The van der Waals surface area contributed by atoms with Gasteiger partial charge in [-0.05, 0) is 13.0 Å². The maximum absolute atomic E-state index is 10.7. The van der Waals surface area contributed by atoms with Gasteiger partial charge in [-0.1, -0.05) is 0 Å². The van der Waals surface area contributed by atoms with Crippen molar-refractivity contribution in [2.24, 2.45) is 5.73 Å². The van der Waals surface area contributed by atoms with Gasteiger partial charge in [-0.25, -0.2) is 9.13 Å². The molecule has 0 aliphatic heterocycles. The van der Waals surface area contributed by atoms with Gasteiger partial charge in [-0.15, -0.1) is 0 Å². The second-order valence-electron chi connectivity index (χ2n) is 2.17. The van der Waals surface area contributed by atoms with Crippen molar-refractivity contribution in [2.45, 2.75) is 6.42 Å². The average molecular weight is 250 g/mol. The molecule has 0 bridgehead atoms. The molecule has 1 atom stereocenters. The molecular weight excluding hydrogens is 238 g/mol. The van der Waals surface area contributed by atoms with E-state index in [4.69, 9.17) is 20.4 Å². The van der Waals surface area contributed by atoms with Crippen LogP contribution in [0.2, 0.25) is 0 Å². The van der Waals surface area contributed by atoms with Crippen LogP contribution in [0.1, 0.15) is 6.42 Å². The number of hydroxylamine groups is 1. The fraction of sp³-hybridized carbons (Fsp3) is 1.00. The van der Waals surface area contributed by atoms with E-state index in [1.54, 1.807) is 0 Å². The Morgan fingerprint density at radius 2 is 1.86 bits per heavy atom. The SMILES string of the molecule is NCCCNOP(=O)(O)OP(=O)(O)O. The van der Waals surface area contributed by atoms with Crippen LogP contribution in [-0.4, -0.2) is 27.8 Å². The normalized spacial score (nSPS) is 16.6. The summed E-state index contributed by atoms with van der Waals surface area (Å²) in [6, 6.07) is 0. The summed E-state index contributed by atoms with van der Waals surface area (Å²) in [7, 11) is -9.81. The van der Waals surface area contributed by atoms with E-state index in [0.29, 0.717) is 13.0 Å². The minimum Gasteiger partial charge on any atom is -0.330 e. The first-order valence-electron chi connectivity index (χ1n) is 3.48. The smallest absolute Gasteiger partial charge is 0.330 e. The standard InChI is InChI=1S/C3H12N2O7P2/c4-2-1-3-5-11-14(9,10)12-13(6,7)8/h5H,1-4H2,(H,9,10)(H2,6,7,8). The molecule has 0 heterocycles. The molecule has 0 aliphatic rings. The van der Waals surface area contributed by atoms with Crippen LogP contribution in [0.25, 0.3) is 0 Å². The van der Waals surface area contributed by atoms with Crippen LogP contribution in [0, 0.1) is 0 Å². The van der Waals surface area contributed by atoms with Crippen molar-refractivity contribution >= 4 is 15.6 Å². The number of hydrogen-bond acceptors (Lipinski definition) is 6. The predicted molar refractivity (Wildman–Crippen MR) is 45.7 cm³/mol. The minimum absolute atomic E-state index is 0.158. The first-order valence-corrected chi connectivity index (χ1v) is 6.50. The summed E-state index contributed by atoms with van der Waals surface area (Å²) in [5, 5.41) is 0. The van der Waals surface area contributed by atoms with E-state index in [1.165, 1.54) is 0 Å². The Bertz CT molecular complexity index is 251. The molecule has 0 rings (SSSR count). The Balaban J connectivity index is 3.85. The predicted octanol–water partition coefficient (Wildman–Crippen LogP) is -0.934. The van der Waals surface area contributed by atoms with Crippen LogP contribution in [0.15, 0.2) is 0 Å². The van der Waals surface area contributed by atoms with Crippen LogP contribution in [0.4, 0.5) is 0 Å². The molecule has 86 valence electrons. The summed E-state index contributed by atoms with van der Waals surface area (Å²) >= 11 is 0. The molecule has 0 radical (unpaired) electrons. The quantitative estimate of drug-likeness (QED) is 0.219. The van der Waals surface area contributed by atoms with Crippen LogP contribution in [0.5, 0.6) is 0 Å². The lowest BCUT2D eigenvalue weighted by atomic mass is 10.4. The van der Waals surface area contributed by atoms with Crippen LogP contribution in [0.3, 0.4) is 0 Å². The van der Waals surface area contributed by atoms with Crippen molar-refractivity contribution in [3.8, 4) is 0 Å². The summed E-state index contributed by atoms with van der Waals surface area (Å²) in [6.45, 7) is 0.497. The molecule has 0 aromatic heterocycles. The Kier molecular flexibility index (Phi) is 5.99. The van der Waals surface area contributed by atoms with E-state index in [-0.39, 0.29) is 6.54 Å². The van der Waals surface area contributed by atoms with E-state index >= 15 is 0 Å². The molecule has 0 aromatic rings. The zero-order chi connectivity index (χ0) is 11.2. The minimum atomic E-state index is -5.05. The number of nitrogens with two attached hydrogens (primary N) is 1. The van der Waals surface area contributed by atoms with Crippen LogP contribution in [-0.2, 0) is 18.1 Å².